The molecule has 4 heteroatoms. The Kier molecular flexibility index (Phi) is 6.36. The third kappa shape index (κ3) is 4.86. The van der Waals surface area contributed by atoms with Crippen molar-refractivity contribution in [3.05, 3.63) is 35.4 Å². The van der Waals surface area contributed by atoms with E-state index in [1.807, 2.05) is 24.1 Å². The van der Waals surface area contributed by atoms with Crippen LogP contribution >= 0.6 is 0 Å². The van der Waals surface area contributed by atoms with Crippen LogP contribution in [0, 0.1) is 5.92 Å². The van der Waals surface area contributed by atoms with Gasteiger partial charge < -0.3 is 9.64 Å². The van der Waals surface area contributed by atoms with Crippen LogP contribution in [-0.2, 0) is 11.3 Å². The first-order chi connectivity index (χ1) is 12.4. The van der Waals surface area contributed by atoms with Gasteiger partial charge in [0.25, 0.3) is 5.91 Å². The summed E-state index contributed by atoms with van der Waals surface area (Å²) in [4.78, 5) is 17.2. The van der Waals surface area contributed by atoms with Gasteiger partial charge in [-0.15, -0.1) is 0 Å². The summed E-state index contributed by atoms with van der Waals surface area (Å²) >= 11 is 0. The van der Waals surface area contributed by atoms with E-state index >= 15 is 0 Å². The fourth-order valence-corrected chi connectivity index (χ4v) is 4.42. The summed E-state index contributed by atoms with van der Waals surface area (Å²) in [5, 5.41) is 0. The number of hydrogen-bond acceptors (Lipinski definition) is 3. The van der Waals surface area contributed by atoms with Crippen molar-refractivity contribution < 1.29 is 9.53 Å². The molecule has 1 saturated heterocycles. The van der Waals surface area contributed by atoms with Crippen LogP contribution in [0.4, 0.5) is 0 Å². The zero-order valence-electron chi connectivity index (χ0n) is 16.8. The molecular formula is C22H34N2O2. The number of benzene rings is 1. The Morgan fingerprint density at radius 1 is 1.04 bits per heavy atom. The maximum Gasteiger partial charge on any atom is 0.253 e. The molecule has 0 aromatic heterocycles. The van der Waals surface area contributed by atoms with Crippen molar-refractivity contribution >= 4 is 5.91 Å². The van der Waals surface area contributed by atoms with Gasteiger partial charge in [0.05, 0.1) is 12.2 Å². The molecule has 4 nitrogen and oxygen atoms in total. The molecular weight excluding hydrogens is 324 g/mol. The molecule has 1 aliphatic heterocycles. The molecule has 26 heavy (non-hydrogen) atoms. The van der Waals surface area contributed by atoms with Gasteiger partial charge in [-0.3, -0.25) is 9.69 Å². The number of hydrogen-bond donors (Lipinski definition) is 0. The summed E-state index contributed by atoms with van der Waals surface area (Å²) in [5.74, 6) is 0.962. The molecule has 0 bridgehead atoms. The van der Waals surface area contributed by atoms with Crippen LogP contribution < -0.4 is 0 Å². The standard InChI is InChI=1S/C22H34N2O2/c1-16-5-11-21(12-6-16)23(4)22(25)20-9-7-19(8-10-20)15-24-13-17(2)26-18(3)14-24/h7-10,16-18,21H,5-6,11-15H2,1-4H3. The van der Waals surface area contributed by atoms with Crippen LogP contribution in [0.2, 0.25) is 0 Å². The van der Waals surface area contributed by atoms with Crippen molar-refractivity contribution in [1.29, 1.82) is 0 Å². The monoisotopic (exact) mass is 358 g/mol. The summed E-state index contributed by atoms with van der Waals surface area (Å²) < 4.78 is 5.80. The topological polar surface area (TPSA) is 32.8 Å². The number of ether oxygens (including phenoxy) is 1. The maximum atomic E-state index is 12.8. The van der Waals surface area contributed by atoms with Crippen molar-refractivity contribution in [2.75, 3.05) is 20.1 Å². The largest absolute Gasteiger partial charge is 0.373 e. The molecule has 0 radical (unpaired) electrons. The highest BCUT2D eigenvalue weighted by Gasteiger charge is 2.26. The Balaban J connectivity index is 1.57. The first kappa shape index (κ1) is 19.4. The summed E-state index contributed by atoms with van der Waals surface area (Å²) in [6.45, 7) is 9.43. The maximum absolute atomic E-state index is 12.8. The van der Waals surface area contributed by atoms with E-state index in [2.05, 4.69) is 37.8 Å². The van der Waals surface area contributed by atoms with Crippen LogP contribution in [0.15, 0.2) is 24.3 Å². The van der Waals surface area contributed by atoms with E-state index in [9.17, 15) is 4.79 Å². The first-order valence-corrected chi connectivity index (χ1v) is 10.2. The second kappa shape index (κ2) is 8.53. The molecule has 0 N–H and O–H groups in total. The molecule has 1 amide bonds. The predicted molar refractivity (Wildman–Crippen MR) is 105 cm³/mol. The summed E-state index contributed by atoms with van der Waals surface area (Å²) in [7, 11) is 1.97. The van der Waals surface area contributed by atoms with E-state index in [0.717, 1.165) is 44.0 Å². The van der Waals surface area contributed by atoms with Crippen molar-refractivity contribution in [3.8, 4) is 0 Å². The van der Waals surface area contributed by atoms with Crippen LogP contribution in [0.3, 0.4) is 0 Å². The van der Waals surface area contributed by atoms with Gasteiger partial charge >= 0.3 is 0 Å². The fraction of sp³-hybridized carbons (Fsp3) is 0.682. The third-order valence-electron chi connectivity index (χ3n) is 5.96. The molecule has 1 saturated carbocycles. The second-order valence-electron chi connectivity index (χ2n) is 8.48. The Labute approximate surface area is 158 Å². The average Bonchev–Trinajstić information content (AvgIpc) is 2.61. The zero-order valence-corrected chi connectivity index (χ0v) is 16.8. The van der Waals surface area contributed by atoms with Crippen LogP contribution in [-0.4, -0.2) is 54.1 Å². The van der Waals surface area contributed by atoms with Gasteiger partial charge in [0, 0.05) is 38.3 Å². The van der Waals surface area contributed by atoms with Gasteiger partial charge in [-0.25, -0.2) is 0 Å². The normalized spacial score (nSPS) is 30.2. The molecule has 1 heterocycles. The summed E-state index contributed by atoms with van der Waals surface area (Å²) in [6.07, 6.45) is 5.30. The molecule has 144 valence electrons. The lowest BCUT2D eigenvalue weighted by atomic mass is 9.86. The Bertz CT molecular complexity index is 583. The molecule has 0 spiro atoms. The lowest BCUT2D eigenvalue weighted by Crippen LogP contribution is -2.44. The Morgan fingerprint density at radius 3 is 2.19 bits per heavy atom. The molecule has 3 rings (SSSR count). The Morgan fingerprint density at radius 2 is 1.62 bits per heavy atom. The van der Waals surface area contributed by atoms with E-state index < -0.39 is 0 Å². The molecule has 1 aliphatic carbocycles. The van der Waals surface area contributed by atoms with E-state index in [-0.39, 0.29) is 18.1 Å². The quantitative estimate of drug-likeness (QED) is 0.817. The minimum absolute atomic E-state index is 0.157. The molecule has 2 aliphatic rings. The number of morpholine rings is 1. The minimum Gasteiger partial charge on any atom is -0.373 e. The highest BCUT2D eigenvalue weighted by atomic mass is 16.5. The molecule has 2 fully saturated rings. The van der Waals surface area contributed by atoms with Gasteiger partial charge in [-0.2, -0.15) is 0 Å². The average molecular weight is 359 g/mol. The number of amides is 1. The zero-order chi connectivity index (χ0) is 18.7. The molecule has 1 aromatic carbocycles. The van der Waals surface area contributed by atoms with E-state index in [4.69, 9.17) is 4.74 Å². The second-order valence-corrected chi connectivity index (χ2v) is 8.48. The van der Waals surface area contributed by atoms with Gasteiger partial charge in [0.1, 0.15) is 0 Å². The molecule has 1 aromatic rings. The fourth-order valence-electron chi connectivity index (χ4n) is 4.42. The predicted octanol–water partition coefficient (Wildman–Crippen LogP) is 3.95. The Hall–Kier alpha value is -1.39. The van der Waals surface area contributed by atoms with Gasteiger partial charge in [0.15, 0.2) is 0 Å². The van der Waals surface area contributed by atoms with Gasteiger partial charge in [-0.05, 0) is 63.1 Å². The van der Waals surface area contributed by atoms with E-state index in [1.165, 1.54) is 18.4 Å². The lowest BCUT2D eigenvalue weighted by Gasteiger charge is -2.35. The summed E-state index contributed by atoms with van der Waals surface area (Å²) in [5.41, 5.74) is 2.07. The summed E-state index contributed by atoms with van der Waals surface area (Å²) in [6, 6.07) is 8.60. The SMILES string of the molecule is CC1CCC(N(C)C(=O)c2ccc(CN3CC(C)OC(C)C3)cc2)CC1. The van der Waals surface area contributed by atoms with Gasteiger partial charge in [0.2, 0.25) is 0 Å². The van der Waals surface area contributed by atoms with Crippen LogP contribution in [0.5, 0.6) is 0 Å². The van der Waals surface area contributed by atoms with Crippen molar-refractivity contribution in [1.82, 2.24) is 9.80 Å². The highest BCUT2D eigenvalue weighted by Crippen LogP contribution is 2.27. The number of rotatable bonds is 4. The van der Waals surface area contributed by atoms with E-state index in [1.54, 1.807) is 0 Å². The lowest BCUT2D eigenvalue weighted by molar-refractivity contribution is -0.0704. The first-order valence-electron chi connectivity index (χ1n) is 10.2. The van der Waals surface area contributed by atoms with E-state index in [0.29, 0.717) is 6.04 Å². The van der Waals surface area contributed by atoms with Crippen LogP contribution in [0.1, 0.15) is 62.4 Å². The smallest absolute Gasteiger partial charge is 0.253 e. The third-order valence-corrected chi connectivity index (χ3v) is 5.96. The van der Waals surface area contributed by atoms with Gasteiger partial charge in [-0.1, -0.05) is 19.1 Å². The highest BCUT2D eigenvalue weighted by molar-refractivity contribution is 5.94. The van der Waals surface area contributed by atoms with Crippen molar-refractivity contribution in [3.63, 3.8) is 0 Å². The number of carbonyl (C=O) groups excluding carboxylic acids is 1. The van der Waals surface area contributed by atoms with Crippen LogP contribution in [0.25, 0.3) is 0 Å². The molecule has 2 atom stereocenters. The van der Waals surface area contributed by atoms with Crippen molar-refractivity contribution in [2.24, 2.45) is 5.92 Å². The minimum atomic E-state index is 0.157. The molecule has 2 unspecified atom stereocenters. The number of carbonyl (C=O) groups is 1. The van der Waals surface area contributed by atoms with Crippen molar-refractivity contribution in [2.45, 2.75) is 71.2 Å². The number of nitrogens with zero attached hydrogens (tertiary/aromatic N) is 2.